The van der Waals surface area contributed by atoms with Crippen molar-refractivity contribution < 1.29 is 9.59 Å². The Morgan fingerprint density at radius 2 is 2.00 bits per heavy atom. The molecule has 2 amide bonds. The largest absolute Gasteiger partial charge is 0.344 e. The first kappa shape index (κ1) is 13.1. The molecular weight excluding hydrogens is 296 g/mol. The molecule has 1 unspecified atom stereocenters. The summed E-state index contributed by atoms with van der Waals surface area (Å²) < 4.78 is 0.967. The number of benzene rings is 1. The molecule has 1 heterocycles. The highest BCUT2D eigenvalue weighted by Gasteiger charge is 2.29. The molecule has 1 fully saturated rings. The van der Waals surface area contributed by atoms with E-state index < -0.39 is 6.04 Å². The van der Waals surface area contributed by atoms with Crippen LogP contribution >= 0.6 is 15.9 Å². The second-order valence-corrected chi connectivity index (χ2v) is 5.16. The summed E-state index contributed by atoms with van der Waals surface area (Å²) in [6.07, 6.45) is 0.954. The van der Waals surface area contributed by atoms with Crippen molar-refractivity contribution in [1.29, 1.82) is 0 Å². The Morgan fingerprint density at radius 1 is 1.33 bits per heavy atom. The summed E-state index contributed by atoms with van der Waals surface area (Å²) in [5.41, 5.74) is 0.832. The van der Waals surface area contributed by atoms with Crippen LogP contribution in [0.3, 0.4) is 0 Å². The molecule has 0 aliphatic carbocycles. The first-order chi connectivity index (χ1) is 8.61. The van der Waals surface area contributed by atoms with Crippen LogP contribution in [0, 0.1) is 0 Å². The first-order valence-electron chi connectivity index (χ1n) is 5.98. The van der Waals surface area contributed by atoms with Gasteiger partial charge < -0.3 is 10.2 Å². The van der Waals surface area contributed by atoms with Crippen molar-refractivity contribution in [1.82, 2.24) is 5.32 Å². The summed E-state index contributed by atoms with van der Waals surface area (Å²) in [5.74, 6) is -0.0968. The van der Waals surface area contributed by atoms with Crippen LogP contribution in [0.1, 0.15) is 19.8 Å². The van der Waals surface area contributed by atoms with Gasteiger partial charge in [-0.1, -0.05) is 22.9 Å². The molecule has 1 N–H and O–H groups in total. The van der Waals surface area contributed by atoms with E-state index in [1.54, 1.807) is 4.90 Å². The number of carbonyl (C=O) groups excluding carboxylic acids is 2. The number of hydrogen-bond donors (Lipinski definition) is 1. The van der Waals surface area contributed by atoms with Crippen molar-refractivity contribution in [2.24, 2.45) is 0 Å². The van der Waals surface area contributed by atoms with E-state index in [0.29, 0.717) is 19.4 Å². The number of carbonyl (C=O) groups is 2. The zero-order valence-electron chi connectivity index (χ0n) is 10.1. The molecule has 4 nitrogen and oxygen atoms in total. The minimum absolute atomic E-state index is 0.0364. The van der Waals surface area contributed by atoms with E-state index in [1.165, 1.54) is 0 Å². The molecule has 1 aliphatic rings. The van der Waals surface area contributed by atoms with Gasteiger partial charge in [-0.25, -0.2) is 0 Å². The minimum Gasteiger partial charge on any atom is -0.344 e. The van der Waals surface area contributed by atoms with Crippen LogP contribution in [0.25, 0.3) is 0 Å². The average Bonchev–Trinajstić information content (AvgIpc) is 2.51. The van der Waals surface area contributed by atoms with Gasteiger partial charge >= 0.3 is 0 Å². The Morgan fingerprint density at radius 3 is 2.61 bits per heavy atom. The predicted octanol–water partition coefficient (Wildman–Crippen LogP) is 2.08. The van der Waals surface area contributed by atoms with Gasteiger partial charge in [-0.2, -0.15) is 0 Å². The second-order valence-electron chi connectivity index (χ2n) is 4.24. The van der Waals surface area contributed by atoms with Crippen molar-refractivity contribution in [2.45, 2.75) is 25.8 Å². The SMILES string of the molecule is CCC1NC(=O)CCN(c2ccc(Br)cc2)C1=O. The molecule has 1 aromatic carbocycles. The van der Waals surface area contributed by atoms with Gasteiger partial charge in [0, 0.05) is 23.1 Å². The topological polar surface area (TPSA) is 49.4 Å². The highest BCUT2D eigenvalue weighted by atomic mass is 79.9. The van der Waals surface area contributed by atoms with Gasteiger partial charge in [0.1, 0.15) is 6.04 Å². The van der Waals surface area contributed by atoms with E-state index in [-0.39, 0.29) is 11.8 Å². The maximum Gasteiger partial charge on any atom is 0.249 e. The van der Waals surface area contributed by atoms with Gasteiger partial charge in [0.15, 0.2) is 0 Å². The van der Waals surface area contributed by atoms with Gasteiger partial charge in [0.25, 0.3) is 0 Å². The Hall–Kier alpha value is -1.36. The third-order valence-corrected chi connectivity index (χ3v) is 3.54. The number of nitrogens with one attached hydrogen (secondary N) is 1. The van der Waals surface area contributed by atoms with E-state index in [9.17, 15) is 9.59 Å². The molecule has 1 saturated heterocycles. The molecule has 2 rings (SSSR count). The summed E-state index contributed by atoms with van der Waals surface area (Å²) in [6.45, 7) is 2.33. The molecule has 0 saturated carbocycles. The first-order valence-corrected chi connectivity index (χ1v) is 6.77. The lowest BCUT2D eigenvalue weighted by Crippen LogP contribution is -2.44. The lowest BCUT2D eigenvalue weighted by Gasteiger charge is -2.23. The monoisotopic (exact) mass is 310 g/mol. The van der Waals surface area contributed by atoms with E-state index in [0.717, 1.165) is 10.2 Å². The molecular formula is C13H15BrN2O2. The fraction of sp³-hybridized carbons (Fsp3) is 0.385. The van der Waals surface area contributed by atoms with Crippen molar-refractivity contribution in [2.75, 3.05) is 11.4 Å². The molecule has 5 heteroatoms. The lowest BCUT2D eigenvalue weighted by atomic mass is 10.2. The van der Waals surface area contributed by atoms with Crippen LogP contribution in [-0.2, 0) is 9.59 Å². The summed E-state index contributed by atoms with van der Waals surface area (Å²) in [4.78, 5) is 25.5. The Bertz CT molecular complexity index is 459. The molecule has 0 bridgehead atoms. The number of hydrogen-bond acceptors (Lipinski definition) is 2. The quantitative estimate of drug-likeness (QED) is 0.909. The average molecular weight is 311 g/mol. The third kappa shape index (κ3) is 2.72. The highest BCUT2D eigenvalue weighted by Crippen LogP contribution is 2.21. The number of nitrogens with zero attached hydrogens (tertiary/aromatic N) is 1. The van der Waals surface area contributed by atoms with Gasteiger partial charge in [-0.05, 0) is 30.7 Å². The summed E-state index contributed by atoms with van der Waals surface area (Å²) in [7, 11) is 0. The molecule has 1 aliphatic heterocycles. The van der Waals surface area contributed by atoms with Crippen LogP contribution in [0.5, 0.6) is 0 Å². The zero-order valence-corrected chi connectivity index (χ0v) is 11.7. The predicted molar refractivity (Wildman–Crippen MR) is 73.3 cm³/mol. The summed E-state index contributed by atoms with van der Waals surface area (Å²) >= 11 is 3.37. The maximum atomic E-state index is 12.3. The highest BCUT2D eigenvalue weighted by molar-refractivity contribution is 9.10. The smallest absolute Gasteiger partial charge is 0.249 e. The fourth-order valence-corrected chi connectivity index (χ4v) is 2.26. The number of anilines is 1. The van der Waals surface area contributed by atoms with E-state index in [4.69, 9.17) is 0 Å². The van der Waals surface area contributed by atoms with Crippen molar-refractivity contribution >= 4 is 33.4 Å². The molecule has 96 valence electrons. The number of rotatable bonds is 2. The number of halogens is 1. The van der Waals surface area contributed by atoms with E-state index in [2.05, 4.69) is 21.2 Å². The Kier molecular flexibility index (Phi) is 4.01. The molecule has 18 heavy (non-hydrogen) atoms. The lowest BCUT2D eigenvalue weighted by molar-refractivity contribution is -0.125. The standard InChI is InChI=1S/C13H15BrN2O2/c1-2-11-13(18)16(8-7-12(17)15-11)10-5-3-9(14)4-6-10/h3-6,11H,2,7-8H2,1H3,(H,15,17). The van der Waals surface area contributed by atoms with E-state index >= 15 is 0 Å². The van der Waals surface area contributed by atoms with Gasteiger partial charge in [0.05, 0.1) is 0 Å². The molecule has 1 aromatic rings. The Balaban J connectivity index is 2.27. The minimum atomic E-state index is -0.413. The number of amides is 2. The second kappa shape index (κ2) is 5.52. The van der Waals surface area contributed by atoms with Crippen LogP contribution in [0.2, 0.25) is 0 Å². The van der Waals surface area contributed by atoms with Gasteiger partial charge in [0.2, 0.25) is 11.8 Å². The molecule has 0 spiro atoms. The van der Waals surface area contributed by atoms with Crippen molar-refractivity contribution in [3.8, 4) is 0 Å². The van der Waals surface area contributed by atoms with Gasteiger partial charge in [-0.15, -0.1) is 0 Å². The molecule has 0 radical (unpaired) electrons. The van der Waals surface area contributed by atoms with E-state index in [1.807, 2.05) is 31.2 Å². The fourth-order valence-electron chi connectivity index (χ4n) is 1.99. The van der Waals surface area contributed by atoms with Crippen molar-refractivity contribution in [3.63, 3.8) is 0 Å². The summed E-state index contributed by atoms with van der Waals surface area (Å²) in [5, 5.41) is 2.75. The zero-order chi connectivity index (χ0) is 13.1. The Labute approximate surface area is 114 Å². The maximum absolute atomic E-state index is 12.3. The third-order valence-electron chi connectivity index (χ3n) is 3.01. The summed E-state index contributed by atoms with van der Waals surface area (Å²) in [6, 6.07) is 7.13. The normalized spacial score (nSPS) is 20.6. The van der Waals surface area contributed by atoms with Crippen LogP contribution < -0.4 is 10.2 Å². The van der Waals surface area contributed by atoms with Crippen LogP contribution in [-0.4, -0.2) is 24.4 Å². The van der Waals surface area contributed by atoms with Gasteiger partial charge in [-0.3, -0.25) is 9.59 Å². The van der Waals surface area contributed by atoms with Crippen molar-refractivity contribution in [3.05, 3.63) is 28.7 Å². The molecule has 0 aromatic heterocycles. The van der Waals surface area contributed by atoms with Crippen LogP contribution in [0.15, 0.2) is 28.7 Å². The van der Waals surface area contributed by atoms with Crippen LogP contribution in [0.4, 0.5) is 5.69 Å². The molecule has 1 atom stereocenters.